The number of benzene rings is 1. The van der Waals surface area contributed by atoms with Gasteiger partial charge in [-0.2, -0.15) is 10.6 Å². The van der Waals surface area contributed by atoms with Crippen LogP contribution in [-0.2, 0) is 9.63 Å². The SMILES string of the molecule is CCN(CC)N=Cc1ccc(C2CC(CN3CCN(CC(=O)O)CC3)ON2)cc1. The van der Waals surface area contributed by atoms with E-state index in [0.29, 0.717) is 0 Å². The van der Waals surface area contributed by atoms with Crippen LogP contribution in [0.4, 0.5) is 0 Å². The quantitative estimate of drug-likeness (QED) is 0.476. The molecular weight excluding hydrogens is 370 g/mol. The molecule has 0 aliphatic carbocycles. The van der Waals surface area contributed by atoms with Crippen molar-refractivity contribution in [2.45, 2.75) is 32.4 Å². The normalized spacial score (nSPS) is 23.7. The zero-order chi connectivity index (χ0) is 20.6. The monoisotopic (exact) mass is 403 g/mol. The summed E-state index contributed by atoms with van der Waals surface area (Å²) >= 11 is 0. The largest absolute Gasteiger partial charge is 0.480 e. The van der Waals surface area contributed by atoms with E-state index >= 15 is 0 Å². The molecule has 2 aliphatic heterocycles. The Morgan fingerprint density at radius 2 is 1.86 bits per heavy atom. The number of hydrogen-bond donors (Lipinski definition) is 2. The molecular formula is C21H33N5O3. The fourth-order valence-corrected chi connectivity index (χ4v) is 3.81. The van der Waals surface area contributed by atoms with Crippen molar-refractivity contribution in [1.29, 1.82) is 0 Å². The van der Waals surface area contributed by atoms with Crippen molar-refractivity contribution in [2.75, 3.05) is 52.4 Å². The Hall–Kier alpha value is -2.00. The van der Waals surface area contributed by atoms with E-state index in [4.69, 9.17) is 9.94 Å². The first-order valence-electron chi connectivity index (χ1n) is 10.5. The predicted octanol–water partition coefficient (Wildman–Crippen LogP) is 1.40. The molecule has 8 nitrogen and oxygen atoms in total. The van der Waals surface area contributed by atoms with Crippen LogP contribution >= 0.6 is 0 Å². The molecule has 0 spiro atoms. The summed E-state index contributed by atoms with van der Waals surface area (Å²) < 4.78 is 0. The van der Waals surface area contributed by atoms with E-state index < -0.39 is 5.97 Å². The van der Waals surface area contributed by atoms with Gasteiger partial charge in [0.15, 0.2) is 0 Å². The minimum Gasteiger partial charge on any atom is -0.480 e. The number of carboxylic acid groups (broad SMARTS) is 1. The Morgan fingerprint density at radius 3 is 2.48 bits per heavy atom. The smallest absolute Gasteiger partial charge is 0.317 e. The second-order valence-corrected chi connectivity index (χ2v) is 7.67. The summed E-state index contributed by atoms with van der Waals surface area (Å²) in [6, 6.07) is 8.66. The number of nitrogens with zero attached hydrogens (tertiary/aromatic N) is 4. The Labute approximate surface area is 173 Å². The van der Waals surface area contributed by atoms with Crippen LogP contribution in [0.1, 0.15) is 37.4 Å². The molecule has 0 aromatic heterocycles. The minimum atomic E-state index is -0.755. The molecule has 2 N–H and O–H groups in total. The zero-order valence-corrected chi connectivity index (χ0v) is 17.5. The Balaban J connectivity index is 1.44. The summed E-state index contributed by atoms with van der Waals surface area (Å²) in [6.45, 7) is 10.4. The van der Waals surface area contributed by atoms with Gasteiger partial charge < -0.3 is 5.11 Å². The molecule has 2 fully saturated rings. The molecule has 2 saturated heterocycles. The first-order chi connectivity index (χ1) is 14.1. The third-order valence-corrected chi connectivity index (χ3v) is 5.60. The van der Waals surface area contributed by atoms with Crippen molar-refractivity contribution in [3.05, 3.63) is 35.4 Å². The van der Waals surface area contributed by atoms with Crippen LogP contribution in [0, 0.1) is 0 Å². The molecule has 2 atom stereocenters. The first kappa shape index (κ1) is 21.7. The molecule has 0 saturated carbocycles. The van der Waals surface area contributed by atoms with E-state index in [1.54, 1.807) is 0 Å². The van der Waals surface area contributed by atoms with Gasteiger partial charge in [0.1, 0.15) is 0 Å². The lowest BCUT2D eigenvalue weighted by Gasteiger charge is -2.34. The van der Waals surface area contributed by atoms with Gasteiger partial charge in [0.25, 0.3) is 0 Å². The van der Waals surface area contributed by atoms with Crippen molar-refractivity contribution >= 4 is 12.2 Å². The lowest BCUT2D eigenvalue weighted by atomic mass is 10.0. The minimum absolute atomic E-state index is 0.132. The van der Waals surface area contributed by atoms with Gasteiger partial charge in [-0.05, 0) is 31.4 Å². The zero-order valence-electron chi connectivity index (χ0n) is 17.5. The molecule has 1 aromatic rings. The molecule has 2 aliphatic rings. The number of piperazine rings is 1. The summed E-state index contributed by atoms with van der Waals surface area (Å²) in [7, 11) is 0. The maximum Gasteiger partial charge on any atom is 0.317 e. The molecule has 29 heavy (non-hydrogen) atoms. The van der Waals surface area contributed by atoms with Gasteiger partial charge in [-0.3, -0.25) is 24.4 Å². The second kappa shape index (κ2) is 10.7. The van der Waals surface area contributed by atoms with Crippen molar-refractivity contribution < 1.29 is 14.7 Å². The number of aliphatic carboxylic acids is 1. The van der Waals surface area contributed by atoms with Gasteiger partial charge >= 0.3 is 5.97 Å². The van der Waals surface area contributed by atoms with Crippen LogP contribution in [0.25, 0.3) is 0 Å². The Morgan fingerprint density at radius 1 is 1.21 bits per heavy atom. The van der Waals surface area contributed by atoms with Gasteiger partial charge in [-0.1, -0.05) is 24.3 Å². The molecule has 0 bridgehead atoms. The van der Waals surface area contributed by atoms with E-state index in [0.717, 1.165) is 57.8 Å². The van der Waals surface area contributed by atoms with Gasteiger partial charge in [0, 0.05) is 45.8 Å². The Bertz CT molecular complexity index is 669. The van der Waals surface area contributed by atoms with Crippen LogP contribution in [-0.4, -0.2) is 90.6 Å². The number of carboxylic acids is 1. The highest BCUT2D eigenvalue weighted by molar-refractivity contribution is 5.79. The summed E-state index contributed by atoms with van der Waals surface area (Å²) in [5.41, 5.74) is 5.49. The highest BCUT2D eigenvalue weighted by atomic mass is 16.7. The highest BCUT2D eigenvalue weighted by Crippen LogP contribution is 2.26. The van der Waals surface area contributed by atoms with Crippen LogP contribution < -0.4 is 5.48 Å². The summed E-state index contributed by atoms with van der Waals surface area (Å²) in [4.78, 5) is 21.0. The van der Waals surface area contributed by atoms with Crippen LogP contribution in [0.3, 0.4) is 0 Å². The van der Waals surface area contributed by atoms with Gasteiger partial charge in [-0.15, -0.1) is 0 Å². The summed E-state index contributed by atoms with van der Waals surface area (Å²) in [6.07, 6.45) is 2.99. The fraction of sp³-hybridized carbons (Fsp3) is 0.619. The highest BCUT2D eigenvalue weighted by Gasteiger charge is 2.29. The van der Waals surface area contributed by atoms with E-state index in [9.17, 15) is 4.79 Å². The Kier molecular flexibility index (Phi) is 8.00. The number of rotatable bonds is 9. The lowest BCUT2D eigenvalue weighted by molar-refractivity contribution is -0.138. The summed E-state index contributed by atoms with van der Waals surface area (Å²) in [5.74, 6) is -0.755. The molecule has 160 valence electrons. The van der Waals surface area contributed by atoms with Crippen molar-refractivity contribution in [3.63, 3.8) is 0 Å². The van der Waals surface area contributed by atoms with Gasteiger partial charge in [-0.25, -0.2) is 0 Å². The number of nitrogens with one attached hydrogen (secondary N) is 1. The lowest BCUT2D eigenvalue weighted by Crippen LogP contribution is -2.49. The average Bonchev–Trinajstić information content (AvgIpc) is 3.19. The summed E-state index contributed by atoms with van der Waals surface area (Å²) in [5, 5.41) is 15.4. The van der Waals surface area contributed by atoms with Crippen molar-refractivity contribution in [1.82, 2.24) is 20.3 Å². The van der Waals surface area contributed by atoms with E-state index in [1.165, 1.54) is 5.56 Å². The fourth-order valence-electron chi connectivity index (χ4n) is 3.81. The number of hydrogen-bond acceptors (Lipinski definition) is 7. The molecule has 0 amide bonds. The van der Waals surface area contributed by atoms with Gasteiger partial charge in [0.05, 0.1) is 24.9 Å². The third-order valence-electron chi connectivity index (χ3n) is 5.60. The van der Waals surface area contributed by atoms with E-state index in [2.05, 4.69) is 53.6 Å². The second-order valence-electron chi connectivity index (χ2n) is 7.67. The number of hydroxylamine groups is 1. The molecule has 2 heterocycles. The van der Waals surface area contributed by atoms with Crippen LogP contribution in [0.2, 0.25) is 0 Å². The van der Waals surface area contributed by atoms with Crippen LogP contribution in [0.5, 0.6) is 0 Å². The standard InChI is InChI=1S/C21H33N5O3/c1-3-26(4-2)22-14-17-5-7-18(8-6-17)20-13-19(29-23-20)15-24-9-11-25(12-10-24)16-21(27)28/h5-8,14,19-20,23H,3-4,9-13,15-16H2,1-2H3,(H,27,28). The molecule has 2 unspecified atom stereocenters. The maximum atomic E-state index is 10.8. The van der Waals surface area contributed by atoms with E-state index in [1.807, 2.05) is 16.1 Å². The van der Waals surface area contributed by atoms with Gasteiger partial charge in [0.2, 0.25) is 0 Å². The number of carbonyl (C=O) groups is 1. The molecule has 1 aromatic carbocycles. The van der Waals surface area contributed by atoms with Crippen molar-refractivity contribution in [2.24, 2.45) is 5.10 Å². The number of hydrazone groups is 1. The molecule has 8 heteroatoms. The maximum absolute atomic E-state index is 10.8. The first-order valence-corrected chi connectivity index (χ1v) is 10.5. The predicted molar refractivity (Wildman–Crippen MR) is 113 cm³/mol. The topological polar surface area (TPSA) is 80.6 Å². The van der Waals surface area contributed by atoms with E-state index in [-0.39, 0.29) is 18.7 Å². The third kappa shape index (κ3) is 6.50. The van der Waals surface area contributed by atoms with Crippen LogP contribution in [0.15, 0.2) is 29.4 Å². The average molecular weight is 404 g/mol. The molecule has 0 radical (unpaired) electrons. The van der Waals surface area contributed by atoms with Crippen molar-refractivity contribution in [3.8, 4) is 0 Å². The molecule has 3 rings (SSSR count).